The van der Waals surface area contributed by atoms with Crippen LogP contribution in [0.15, 0.2) is 36.4 Å². The molecule has 2 aromatic rings. The van der Waals surface area contributed by atoms with Crippen LogP contribution in [0.4, 0.5) is 0 Å². The summed E-state index contributed by atoms with van der Waals surface area (Å²) in [5.74, 6) is 0. The van der Waals surface area contributed by atoms with Gasteiger partial charge in [0.15, 0.2) is 0 Å². The van der Waals surface area contributed by atoms with Crippen molar-refractivity contribution in [3.63, 3.8) is 0 Å². The van der Waals surface area contributed by atoms with Gasteiger partial charge in [0.2, 0.25) is 0 Å². The molecule has 0 aliphatic carbocycles. The third-order valence-electron chi connectivity index (χ3n) is 3.89. The van der Waals surface area contributed by atoms with Crippen molar-refractivity contribution < 1.29 is 12.3 Å². The van der Waals surface area contributed by atoms with Crippen molar-refractivity contribution in [2.24, 2.45) is 0 Å². The van der Waals surface area contributed by atoms with E-state index in [0.717, 1.165) is 55.7 Å². The summed E-state index contributed by atoms with van der Waals surface area (Å²) in [4.78, 5) is 9.13. The van der Waals surface area contributed by atoms with Gasteiger partial charge in [0, 0.05) is 12.1 Å². The van der Waals surface area contributed by atoms with Crippen LogP contribution in [0.3, 0.4) is 0 Å². The second-order valence-electron chi connectivity index (χ2n) is 5.99. The molecule has 1 atom stereocenters. The minimum atomic E-state index is -1.69. The molecule has 0 fully saturated rings. The first-order chi connectivity index (χ1) is 13.7. The van der Waals surface area contributed by atoms with E-state index in [1.165, 1.54) is 5.56 Å². The second kappa shape index (κ2) is 16.1. The van der Waals surface area contributed by atoms with Gasteiger partial charge in [0.25, 0.3) is 0 Å². The van der Waals surface area contributed by atoms with Crippen LogP contribution in [0.25, 0.3) is 11.3 Å². The molecule has 1 heterocycles. The van der Waals surface area contributed by atoms with Crippen LogP contribution in [0, 0.1) is 6.92 Å². The Morgan fingerprint density at radius 1 is 1.00 bits per heavy atom. The van der Waals surface area contributed by atoms with Crippen molar-refractivity contribution in [3.8, 4) is 11.3 Å². The molecule has 0 saturated carbocycles. The SMILES string of the molecule is CC.Cc1ccc(-c2ccc(CNCCCCCCOP(O)OI)cc2)nn1. The highest BCUT2D eigenvalue weighted by Crippen LogP contribution is 2.35. The zero-order chi connectivity index (χ0) is 20.6. The molecule has 1 aromatic heterocycles. The van der Waals surface area contributed by atoms with Gasteiger partial charge in [-0.2, -0.15) is 10.2 Å². The van der Waals surface area contributed by atoms with Crippen LogP contribution in [0.2, 0.25) is 0 Å². The summed E-state index contributed by atoms with van der Waals surface area (Å²) in [5, 5.41) is 11.8. The Bertz CT molecular complexity index is 630. The summed E-state index contributed by atoms with van der Waals surface area (Å²) in [5.41, 5.74) is 4.17. The lowest BCUT2D eigenvalue weighted by Crippen LogP contribution is -2.14. The molecule has 0 spiro atoms. The quantitative estimate of drug-likeness (QED) is 0.212. The highest BCUT2D eigenvalue weighted by Gasteiger charge is 2.03. The number of nitrogens with zero attached hydrogens (tertiary/aromatic N) is 2. The number of hydrogen-bond acceptors (Lipinski definition) is 6. The minimum absolute atomic E-state index is 0.552. The zero-order valence-corrected chi connectivity index (χ0v) is 19.9. The first kappa shape index (κ1) is 25.3. The Labute approximate surface area is 184 Å². The van der Waals surface area contributed by atoms with E-state index in [1.807, 2.05) is 32.9 Å². The van der Waals surface area contributed by atoms with Crippen LogP contribution in [0.1, 0.15) is 50.8 Å². The van der Waals surface area contributed by atoms with Crippen molar-refractivity contribution in [2.75, 3.05) is 13.2 Å². The molecule has 8 heteroatoms. The second-order valence-corrected chi connectivity index (χ2v) is 8.04. The maximum absolute atomic E-state index is 9.13. The van der Waals surface area contributed by atoms with E-state index >= 15 is 0 Å². The fourth-order valence-corrected chi connectivity index (χ4v) is 3.11. The third-order valence-corrected chi connectivity index (χ3v) is 5.42. The monoisotopic (exact) mass is 519 g/mol. The number of nitrogens with one attached hydrogen (secondary N) is 1. The van der Waals surface area contributed by atoms with Gasteiger partial charge < -0.3 is 14.7 Å². The average Bonchev–Trinajstić information content (AvgIpc) is 2.75. The number of hydrogen-bond donors (Lipinski definition) is 2. The Morgan fingerprint density at radius 3 is 2.36 bits per heavy atom. The highest BCUT2D eigenvalue weighted by molar-refractivity contribution is 14.1. The van der Waals surface area contributed by atoms with Gasteiger partial charge in [-0.15, -0.1) is 0 Å². The van der Waals surface area contributed by atoms with Gasteiger partial charge >= 0.3 is 8.60 Å². The van der Waals surface area contributed by atoms with Crippen molar-refractivity contribution in [1.82, 2.24) is 15.5 Å². The standard InChI is InChI=1S/C18H25IN3O3P.C2H6/c1-15-6-11-18(22-21-15)17-9-7-16(8-10-17)14-20-12-4-2-3-5-13-24-26(23)25-19;1-2/h6-11,20,23H,2-5,12-14H2,1H3;1-2H3. The normalized spacial score (nSPS) is 11.6. The first-order valence-corrected chi connectivity index (χ1v) is 11.7. The van der Waals surface area contributed by atoms with E-state index in [4.69, 9.17) is 9.42 Å². The van der Waals surface area contributed by atoms with Crippen molar-refractivity contribution in [2.45, 2.75) is 53.0 Å². The molecule has 6 nitrogen and oxygen atoms in total. The summed E-state index contributed by atoms with van der Waals surface area (Å²) in [6, 6.07) is 12.4. The first-order valence-electron chi connectivity index (χ1n) is 9.70. The molecule has 0 aliphatic rings. The Balaban J connectivity index is 0.00000190. The van der Waals surface area contributed by atoms with Gasteiger partial charge in [-0.1, -0.05) is 51.0 Å². The predicted octanol–water partition coefficient (Wildman–Crippen LogP) is 5.73. The van der Waals surface area contributed by atoms with E-state index in [9.17, 15) is 0 Å². The van der Waals surface area contributed by atoms with Crippen LogP contribution in [0.5, 0.6) is 0 Å². The molecule has 0 radical (unpaired) electrons. The van der Waals surface area contributed by atoms with Crippen LogP contribution in [-0.2, 0) is 13.9 Å². The fourth-order valence-electron chi connectivity index (χ4n) is 2.45. The lowest BCUT2D eigenvalue weighted by Gasteiger charge is -2.07. The minimum Gasteiger partial charge on any atom is -0.328 e. The average molecular weight is 519 g/mol. The number of halogens is 1. The number of benzene rings is 1. The molecular formula is C20H31IN3O3P. The van der Waals surface area contributed by atoms with Crippen LogP contribution in [-0.4, -0.2) is 28.2 Å². The summed E-state index contributed by atoms with van der Waals surface area (Å²) < 4.78 is 9.73. The van der Waals surface area contributed by atoms with E-state index < -0.39 is 8.60 Å². The van der Waals surface area contributed by atoms with Gasteiger partial charge in [-0.05, 0) is 44.0 Å². The van der Waals surface area contributed by atoms with Crippen molar-refractivity contribution in [3.05, 3.63) is 47.7 Å². The van der Waals surface area contributed by atoms with Gasteiger partial charge in [0.05, 0.1) is 18.0 Å². The predicted molar refractivity (Wildman–Crippen MR) is 124 cm³/mol. The summed E-state index contributed by atoms with van der Waals surface area (Å²) >= 11 is 1.65. The fraction of sp³-hybridized carbons (Fsp3) is 0.500. The smallest absolute Gasteiger partial charge is 0.328 e. The molecule has 1 unspecified atom stereocenters. The zero-order valence-electron chi connectivity index (χ0n) is 16.9. The Kier molecular flexibility index (Phi) is 14.6. The van der Waals surface area contributed by atoms with Crippen molar-refractivity contribution in [1.29, 1.82) is 0 Å². The van der Waals surface area contributed by atoms with Crippen LogP contribution >= 0.6 is 31.6 Å². The molecule has 0 bridgehead atoms. The van der Waals surface area contributed by atoms with E-state index in [0.29, 0.717) is 6.61 Å². The maximum Gasteiger partial charge on any atom is 0.340 e. The lowest BCUT2D eigenvalue weighted by molar-refractivity contribution is 0.267. The molecule has 2 N–H and O–H groups in total. The number of unbranched alkanes of at least 4 members (excludes halogenated alkanes) is 3. The molecule has 0 amide bonds. The summed E-state index contributed by atoms with van der Waals surface area (Å²) in [6.07, 6.45) is 4.32. The largest absolute Gasteiger partial charge is 0.340 e. The van der Waals surface area contributed by atoms with Gasteiger partial charge in [-0.3, -0.25) is 0 Å². The molecule has 1 aromatic carbocycles. The molecular weight excluding hydrogens is 488 g/mol. The molecule has 28 heavy (non-hydrogen) atoms. The number of aryl methyl sites for hydroxylation is 1. The van der Waals surface area contributed by atoms with Crippen LogP contribution < -0.4 is 5.32 Å². The number of aromatic nitrogens is 2. The summed E-state index contributed by atoms with van der Waals surface area (Å²) in [7, 11) is -1.69. The Hall–Kier alpha value is -0.700. The maximum atomic E-state index is 9.13. The van der Waals surface area contributed by atoms with E-state index in [2.05, 4.69) is 42.6 Å². The molecule has 156 valence electrons. The summed E-state index contributed by atoms with van der Waals surface area (Å²) in [6.45, 7) is 8.35. The topological polar surface area (TPSA) is 76.5 Å². The van der Waals surface area contributed by atoms with Crippen molar-refractivity contribution >= 4 is 31.6 Å². The molecule has 2 rings (SSSR count). The lowest BCUT2D eigenvalue weighted by atomic mass is 10.1. The molecule has 0 saturated heterocycles. The van der Waals surface area contributed by atoms with Gasteiger partial charge in [0.1, 0.15) is 23.0 Å². The van der Waals surface area contributed by atoms with E-state index in [1.54, 1.807) is 23.0 Å². The van der Waals surface area contributed by atoms with E-state index in [-0.39, 0.29) is 0 Å². The third kappa shape index (κ3) is 10.7. The molecule has 0 aliphatic heterocycles. The van der Waals surface area contributed by atoms with Gasteiger partial charge in [-0.25, -0.2) is 2.85 Å². The highest BCUT2D eigenvalue weighted by atomic mass is 127. The Morgan fingerprint density at radius 2 is 1.71 bits per heavy atom. The number of rotatable bonds is 12.